The zero-order valence-corrected chi connectivity index (χ0v) is 11.7. The van der Waals surface area contributed by atoms with Crippen molar-refractivity contribution in [1.29, 1.82) is 0 Å². The van der Waals surface area contributed by atoms with Gasteiger partial charge >= 0.3 is 0 Å². The number of benzene rings is 1. The van der Waals surface area contributed by atoms with Gasteiger partial charge in [0.2, 0.25) is 0 Å². The van der Waals surface area contributed by atoms with E-state index in [1.807, 2.05) is 23.9 Å². The van der Waals surface area contributed by atoms with Gasteiger partial charge in [0.05, 0.1) is 6.61 Å². The summed E-state index contributed by atoms with van der Waals surface area (Å²) in [6.45, 7) is 0.482. The van der Waals surface area contributed by atoms with E-state index < -0.39 is 0 Å². The van der Waals surface area contributed by atoms with E-state index in [1.165, 1.54) is 12.1 Å². The minimum absolute atomic E-state index is 0.279. The first-order valence-corrected chi connectivity index (χ1v) is 6.75. The molecule has 0 fully saturated rings. The third kappa shape index (κ3) is 3.32. The molecule has 0 spiro atoms. The van der Waals surface area contributed by atoms with Crippen molar-refractivity contribution in [1.82, 2.24) is 9.55 Å². The van der Waals surface area contributed by atoms with Crippen molar-refractivity contribution < 1.29 is 9.13 Å². The lowest BCUT2D eigenvalue weighted by molar-refractivity contribution is 0.315. The van der Waals surface area contributed by atoms with Gasteiger partial charge in [0.25, 0.3) is 0 Å². The van der Waals surface area contributed by atoms with Gasteiger partial charge in [0.15, 0.2) is 0 Å². The van der Waals surface area contributed by atoms with Crippen LogP contribution in [-0.2, 0) is 18.8 Å². The lowest BCUT2D eigenvalue weighted by Gasteiger charge is -2.07. The van der Waals surface area contributed by atoms with Crippen LogP contribution < -0.4 is 4.74 Å². The Morgan fingerprint density at radius 3 is 2.89 bits per heavy atom. The first-order valence-electron chi connectivity index (χ1n) is 5.63. The number of hydrogen-bond donors (Lipinski definition) is 0. The molecular formula is C13H14BrFN2O. The highest BCUT2D eigenvalue weighted by Crippen LogP contribution is 2.18. The van der Waals surface area contributed by atoms with Crippen LogP contribution >= 0.6 is 15.9 Å². The minimum atomic E-state index is -0.279. The fourth-order valence-corrected chi connectivity index (χ4v) is 2.00. The molecule has 0 saturated heterocycles. The van der Waals surface area contributed by atoms with E-state index in [2.05, 4.69) is 20.9 Å². The van der Waals surface area contributed by atoms with Gasteiger partial charge in [0.1, 0.15) is 17.4 Å². The van der Waals surface area contributed by atoms with E-state index in [4.69, 9.17) is 4.74 Å². The van der Waals surface area contributed by atoms with Gasteiger partial charge < -0.3 is 9.30 Å². The Bertz CT molecular complexity index is 527. The number of aryl methyl sites for hydroxylation is 1. The van der Waals surface area contributed by atoms with Crippen molar-refractivity contribution in [2.24, 2.45) is 7.05 Å². The molecule has 3 nitrogen and oxygen atoms in total. The summed E-state index contributed by atoms with van der Waals surface area (Å²) in [4.78, 5) is 4.20. The molecule has 2 aromatic rings. The molecule has 0 bridgehead atoms. The van der Waals surface area contributed by atoms with E-state index in [1.54, 1.807) is 6.20 Å². The molecule has 0 aliphatic carbocycles. The van der Waals surface area contributed by atoms with Crippen molar-refractivity contribution in [2.75, 3.05) is 6.61 Å². The Kier molecular flexibility index (Phi) is 4.36. The summed E-state index contributed by atoms with van der Waals surface area (Å²) in [6, 6.07) is 4.71. The standard InChI is InChI=1S/C13H14BrFN2O/c1-17-4-3-16-13(17)2-5-18-12-7-10(9-14)6-11(15)8-12/h3-4,6-8H,2,5,9H2,1H3. The SMILES string of the molecule is Cn1ccnc1CCOc1cc(F)cc(CBr)c1. The third-order valence-electron chi connectivity index (χ3n) is 2.60. The van der Waals surface area contributed by atoms with Crippen LogP contribution in [0.15, 0.2) is 30.6 Å². The maximum Gasteiger partial charge on any atom is 0.127 e. The van der Waals surface area contributed by atoms with Crippen LogP contribution in [-0.4, -0.2) is 16.2 Å². The Hall–Kier alpha value is -1.36. The quantitative estimate of drug-likeness (QED) is 0.793. The number of imidazole rings is 1. The topological polar surface area (TPSA) is 27.1 Å². The highest BCUT2D eigenvalue weighted by Gasteiger charge is 2.03. The van der Waals surface area contributed by atoms with Gasteiger partial charge in [-0.3, -0.25) is 0 Å². The van der Waals surface area contributed by atoms with Crippen LogP contribution in [0.1, 0.15) is 11.4 Å². The molecule has 0 amide bonds. The van der Waals surface area contributed by atoms with Crippen LogP contribution in [0.4, 0.5) is 4.39 Å². The largest absolute Gasteiger partial charge is 0.493 e. The molecule has 0 N–H and O–H groups in total. The smallest absolute Gasteiger partial charge is 0.127 e. The molecule has 1 heterocycles. The highest BCUT2D eigenvalue weighted by molar-refractivity contribution is 9.08. The van der Waals surface area contributed by atoms with Crippen LogP contribution in [0.2, 0.25) is 0 Å². The summed E-state index contributed by atoms with van der Waals surface area (Å²) in [5.74, 6) is 1.23. The van der Waals surface area contributed by atoms with E-state index >= 15 is 0 Å². The molecule has 1 aromatic heterocycles. The van der Waals surface area contributed by atoms with Gasteiger partial charge in [-0.25, -0.2) is 9.37 Å². The Morgan fingerprint density at radius 1 is 1.39 bits per heavy atom. The van der Waals surface area contributed by atoms with E-state index in [0.717, 1.165) is 11.4 Å². The second-order valence-corrected chi connectivity index (χ2v) is 4.54. The predicted molar refractivity (Wildman–Crippen MR) is 71.4 cm³/mol. The van der Waals surface area contributed by atoms with Crippen molar-refractivity contribution in [3.63, 3.8) is 0 Å². The first-order chi connectivity index (χ1) is 8.69. The Morgan fingerprint density at radius 2 is 2.22 bits per heavy atom. The minimum Gasteiger partial charge on any atom is -0.493 e. The Labute approximate surface area is 114 Å². The molecule has 0 aliphatic heterocycles. The molecule has 0 atom stereocenters. The number of aromatic nitrogens is 2. The predicted octanol–water partition coefficient (Wildman–Crippen LogP) is 3.08. The third-order valence-corrected chi connectivity index (χ3v) is 3.25. The zero-order valence-electron chi connectivity index (χ0n) is 10.1. The highest BCUT2D eigenvalue weighted by atomic mass is 79.9. The normalized spacial score (nSPS) is 10.6. The summed E-state index contributed by atoms with van der Waals surface area (Å²) >= 11 is 3.30. The fraction of sp³-hybridized carbons (Fsp3) is 0.308. The number of halogens is 2. The summed E-state index contributed by atoms with van der Waals surface area (Å²) in [6.07, 6.45) is 4.34. The van der Waals surface area contributed by atoms with Crippen LogP contribution in [0, 0.1) is 5.82 Å². The summed E-state index contributed by atoms with van der Waals surface area (Å²) in [5, 5.41) is 0.612. The van der Waals surface area contributed by atoms with Crippen LogP contribution in [0.5, 0.6) is 5.75 Å². The maximum absolute atomic E-state index is 13.3. The van der Waals surface area contributed by atoms with E-state index in [-0.39, 0.29) is 5.82 Å². The summed E-state index contributed by atoms with van der Waals surface area (Å²) < 4.78 is 20.7. The molecule has 96 valence electrons. The molecule has 18 heavy (non-hydrogen) atoms. The van der Waals surface area contributed by atoms with Gasteiger partial charge in [-0.2, -0.15) is 0 Å². The molecular weight excluding hydrogens is 299 g/mol. The van der Waals surface area contributed by atoms with Gasteiger partial charge in [-0.1, -0.05) is 15.9 Å². The van der Waals surface area contributed by atoms with E-state index in [0.29, 0.717) is 24.1 Å². The van der Waals surface area contributed by atoms with Gasteiger partial charge in [-0.15, -0.1) is 0 Å². The second-order valence-electron chi connectivity index (χ2n) is 3.98. The van der Waals surface area contributed by atoms with Crippen molar-refractivity contribution >= 4 is 15.9 Å². The van der Waals surface area contributed by atoms with Gasteiger partial charge in [-0.05, 0) is 17.7 Å². The number of rotatable bonds is 5. The Balaban J connectivity index is 1.94. The number of hydrogen-bond acceptors (Lipinski definition) is 2. The lowest BCUT2D eigenvalue weighted by atomic mass is 10.2. The molecule has 0 saturated carbocycles. The maximum atomic E-state index is 13.3. The van der Waals surface area contributed by atoms with Crippen LogP contribution in [0.3, 0.4) is 0 Å². The molecule has 0 radical (unpaired) electrons. The van der Waals surface area contributed by atoms with Crippen molar-refractivity contribution in [3.8, 4) is 5.75 Å². The number of ether oxygens (including phenoxy) is 1. The van der Waals surface area contributed by atoms with E-state index in [9.17, 15) is 4.39 Å². The second kappa shape index (κ2) is 6.00. The molecule has 0 aliphatic rings. The molecule has 0 unspecified atom stereocenters. The monoisotopic (exact) mass is 312 g/mol. The fourth-order valence-electron chi connectivity index (χ4n) is 1.68. The summed E-state index contributed by atoms with van der Waals surface area (Å²) in [5.41, 5.74) is 0.863. The number of nitrogens with zero attached hydrogens (tertiary/aromatic N) is 2. The molecule has 2 rings (SSSR count). The lowest BCUT2D eigenvalue weighted by Crippen LogP contribution is -2.06. The average Bonchev–Trinajstić information content (AvgIpc) is 2.74. The molecule has 5 heteroatoms. The average molecular weight is 313 g/mol. The van der Waals surface area contributed by atoms with Crippen molar-refractivity contribution in [2.45, 2.75) is 11.8 Å². The zero-order chi connectivity index (χ0) is 13.0. The molecule has 1 aromatic carbocycles. The summed E-state index contributed by atoms with van der Waals surface area (Å²) in [7, 11) is 1.94. The van der Waals surface area contributed by atoms with Gasteiger partial charge in [0, 0.05) is 37.3 Å². The van der Waals surface area contributed by atoms with Crippen molar-refractivity contribution in [3.05, 3.63) is 47.8 Å². The van der Waals surface area contributed by atoms with Crippen LogP contribution in [0.25, 0.3) is 0 Å². The first kappa shape index (κ1) is 13.1. The number of alkyl halides is 1.